The summed E-state index contributed by atoms with van der Waals surface area (Å²) in [6.07, 6.45) is 6.14. The summed E-state index contributed by atoms with van der Waals surface area (Å²) in [5, 5.41) is 11.2. The Labute approximate surface area is 181 Å². The molecule has 0 bridgehead atoms. The van der Waals surface area contributed by atoms with Crippen molar-refractivity contribution in [1.29, 1.82) is 0 Å². The van der Waals surface area contributed by atoms with Gasteiger partial charge in [0.05, 0.1) is 0 Å². The third kappa shape index (κ3) is 4.46. The van der Waals surface area contributed by atoms with Crippen molar-refractivity contribution >= 4 is 34.0 Å². The van der Waals surface area contributed by atoms with E-state index in [2.05, 4.69) is 43.0 Å². The number of hydrogen-bond donors (Lipinski definition) is 4. The van der Waals surface area contributed by atoms with Crippen molar-refractivity contribution in [2.75, 3.05) is 23.7 Å². The van der Waals surface area contributed by atoms with E-state index in [0.29, 0.717) is 12.1 Å². The van der Waals surface area contributed by atoms with Crippen molar-refractivity contribution in [2.45, 2.75) is 25.9 Å². The Morgan fingerprint density at radius 1 is 1.00 bits per heavy atom. The van der Waals surface area contributed by atoms with E-state index in [9.17, 15) is 0 Å². The van der Waals surface area contributed by atoms with Gasteiger partial charge in [0.1, 0.15) is 17.7 Å². The smallest absolute Gasteiger partial charge is 0.229 e. The van der Waals surface area contributed by atoms with Crippen LogP contribution in [0.1, 0.15) is 18.4 Å². The fourth-order valence-electron chi connectivity index (χ4n) is 3.80. The molecule has 5 rings (SSSR count). The van der Waals surface area contributed by atoms with Crippen molar-refractivity contribution in [3.05, 3.63) is 66.5 Å². The highest BCUT2D eigenvalue weighted by molar-refractivity contribution is 5.93. The second-order valence-corrected chi connectivity index (χ2v) is 7.81. The van der Waals surface area contributed by atoms with Crippen molar-refractivity contribution < 1.29 is 4.74 Å². The summed E-state index contributed by atoms with van der Waals surface area (Å²) in [5.41, 5.74) is 3.98. The molecule has 0 radical (unpaired) electrons. The molecule has 2 aromatic heterocycles. The molecule has 7 heteroatoms. The Morgan fingerprint density at radius 3 is 2.68 bits per heavy atom. The van der Waals surface area contributed by atoms with Crippen LogP contribution < -0.4 is 20.7 Å². The van der Waals surface area contributed by atoms with Gasteiger partial charge in [-0.3, -0.25) is 0 Å². The maximum Gasteiger partial charge on any atom is 0.229 e. The number of hydrogen-bond acceptors (Lipinski definition) is 6. The minimum atomic E-state index is 0.290. The van der Waals surface area contributed by atoms with Gasteiger partial charge in [-0.25, -0.2) is 4.98 Å². The minimum Gasteiger partial charge on any atom is -0.490 e. The number of aromatic nitrogens is 3. The number of rotatable bonds is 6. The van der Waals surface area contributed by atoms with Gasteiger partial charge < -0.3 is 25.7 Å². The molecule has 4 aromatic rings. The van der Waals surface area contributed by atoms with Crippen LogP contribution in [0.4, 0.5) is 23.1 Å². The van der Waals surface area contributed by atoms with Gasteiger partial charge in [0, 0.05) is 40.2 Å². The number of piperidine rings is 1. The summed E-state index contributed by atoms with van der Waals surface area (Å²) >= 11 is 0. The van der Waals surface area contributed by atoms with E-state index in [-0.39, 0.29) is 0 Å². The molecule has 0 unspecified atom stereocenters. The molecule has 1 fully saturated rings. The number of ether oxygens (including phenoxy) is 1. The average Bonchev–Trinajstić information content (AvgIpc) is 3.28. The van der Waals surface area contributed by atoms with Crippen LogP contribution >= 0.6 is 0 Å². The second kappa shape index (κ2) is 8.65. The minimum absolute atomic E-state index is 0.290. The van der Waals surface area contributed by atoms with E-state index in [0.717, 1.165) is 65.3 Å². The average molecular weight is 415 g/mol. The molecule has 3 heterocycles. The molecule has 0 saturated carbocycles. The quantitative estimate of drug-likeness (QED) is 0.360. The van der Waals surface area contributed by atoms with E-state index in [1.807, 2.05) is 55.7 Å². The van der Waals surface area contributed by atoms with Crippen molar-refractivity contribution in [3.63, 3.8) is 0 Å². The van der Waals surface area contributed by atoms with Gasteiger partial charge in [-0.2, -0.15) is 4.98 Å². The maximum absolute atomic E-state index is 6.08. The predicted molar refractivity (Wildman–Crippen MR) is 125 cm³/mol. The lowest BCUT2D eigenvalue weighted by molar-refractivity contribution is 0.162. The summed E-state index contributed by atoms with van der Waals surface area (Å²) in [5.74, 6) is 2.21. The summed E-state index contributed by atoms with van der Waals surface area (Å²) < 4.78 is 6.08. The Hall–Kier alpha value is -3.58. The van der Waals surface area contributed by atoms with E-state index >= 15 is 0 Å². The molecule has 2 aromatic carbocycles. The standard InChI is InChI=1S/C24H26N6O/c1-16-15-27-24(30-23(16)29-22-4-2-3-21-20(22)11-14-26-21)28-17-5-7-18(8-6-17)31-19-9-12-25-13-10-19/h2-8,11,14-15,19,25-26H,9-10,12-13H2,1H3,(H2,27,28,29,30). The van der Waals surface area contributed by atoms with E-state index in [1.54, 1.807) is 0 Å². The van der Waals surface area contributed by atoms with Crippen molar-refractivity contribution in [3.8, 4) is 5.75 Å². The molecule has 0 aliphatic carbocycles. The normalized spacial score (nSPS) is 14.5. The van der Waals surface area contributed by atoms with Crippen LogP contribution in [0.5, 0.6) is 5.75 Å². The number of nitrogens with zero attached hydrogens (tertiary/aromatic N) is 2. The SMILES string of the molecule is Cc1cnc(Nc2ccc(OC3CCNCC3)cc2)nc1Nc1cccc2[nH]ccc12. The number of aromatic amines is 1. The zero-order chi connectivity index (χ0) is 21.0. The van der Waals surface area contributed by atoms with E-state index in [4.69, 9.17) is 4.74 Å². The number of aryl methyl sites for hydroxylation is 1. The number of nitrogens with one attached hydrogen (secondary N) is 4. The first-order valence-electron chi connectivity index (χ1n) is 10.7. The lowest BCUT2D eigenvalue weighted by Gasteiger charge is -2.23. The Morgan fingerprint density at radius 2 is 1.84 bits per heavy atom. The van der Waals surface area contributed by atoms with E-state index in [1.165, 1.54) is 0 Å². The number of anilines is 4. The Bertz CT molecular complexity index is 1160. The van der Waals surface area contributed by atoms with Crippen LogP contribution in [0.25, 0.3) is 10.9 Å². The monoisotopic (exact) mass is 414 g/mol. The zero-order valence-electron chi connectivity index (χ0n) is 17.5. The molecular formula is C24H26N6O. The predicted octanol–water partition coefficient (Wildman–Crippen LogP) is 4.88. The van der Waals surface area contributed by atoms with Crippen molar-refractivity contribution in [2.24, 2.45) is 0 Å². The van der Waals surface area contributed by atoms with E-state index < -0.39 is 0 Å². The van der Waals surface area contributed by atoms with Crippen molar-refractivity contribution in [1.82, 2.24) is 20.3 Å². The lowest BCUT2D eigenvalue weighted by Crippen LogP contribution is -2.34. The second-order valence-electron chi connectivity index (χ2n) is 7.81. The first kappa shape index (κ1) is 19.4. The largest absolute Gasteiger partial charge is 0.490 e. The van der Waals surface area contributed by atoms with Crippen LogP contribution in [0.3, 0.4) is 0 Å². The molecule has 1 saturated heterocycles. The third-order valence-electron chi connectivity index (χ3n) is 5.52. The van der Waals surface area contributed by atoms with Gasteiger partial charge in [-0.15, -0.1) is 0 Å². The van der Waals surface area contributed by atoms with Crippen LogP contribution in [-0.4, -0.2) is 34.1 Å². The molecule has 4 N–H and O–H groups in total. The molecule has 0 amide bonds. The Kier molecular flexibility index (Phi) is 5.41. The summed E-state index contributed by atoms with van der Waals surface area (Å²) in [6.45, 7) is 4.03. The Balaban J connectivity index is 1.29. The lowest BCUT2D eigenvalue weighted by atomic mass is 10.1. The van der Waals surface area contributed by atoms with Gasteiger partial charge in [0.2, 0.25) is 5.95 Å². The van der Waals surface area contributed by atoms with Gasteiger partial charge in [-0.05, 0) is 75.3 Å². The third-order valence-corrected chi connectivity index (χ3v) is 5.52. The maximum atomic E-state index is 6.08. The number of benzene rings is 2. The fraction of sp³-hybridized carbons (Fsp3) is 0.250. The first-order chi connectivity index (χ1) is 15.2. The molecule has 158 valence electrons. The van der Waals surface area contributed by atoms with Crippen LogP contribution in [-0.2, 0) is 0 Å². The van der Waals surface area contributed by atoms with Crippen LogP contribution in [0.15, 0.2) is 60.9 Å². The van der Waals surface area contributed by atoms with Gasteiger partial charge in [-0.1, -0.05) is 6.07 Å². The first-order valence-corrected chi connectivity index (χ1v) is 10.7. The molecule has 31 heavy (non-hydrogen) atoms. The molecule has 0 spiro atoms. The topological polar surface area (TPSA) is 86.9 Å². The summed E-state index contributed by atoms with van der Waals surface area (Å²) in [4.78, 5) is 12.4. The fourth-order valence-corrected chi connectivity index (χ4v) is 3.80. The molecule has 1 aliphatic heterocycles. The van der Waals surface area contributed by atoms with Crippen LogP contribution in [0.2, 0.25) is 0 Å². The highest BCUT2D eigenvalue weighted by Gasteiger charge is 2.14. The molecule has 7 nitrogen and oxygen atoms in total. The van der Waals surface area contributed by atoms with Gasteiger partial charge in [0.25, 0.3) is 0 Å². The van der Waals surface area contributed by atoms with Crippen LogP contribution in [0, 0.1) is 6.92 Å². The van der Waals surface area contributed by atoms with Gasteiger partial charge >= 0.3 is 0 Å². The summed E-state index contributed by atoms with van der Waals surface area (Å²) in [6, 6.07) is 16.1. The highest BCUT2D eigenvalue weighted by atomic mass is 16.5. The van der Waals surface area contributed by atoms with Gasteiger partial charge in [0.15, 0.2) is 0 Å². The number of fused-ring (bicyclic) bond motifs is 1. The summed E-state index contributed by atoms with van der Waals surface area (Å²) in [7, 11) is 0. The molecule has 1 aliphatic rings. The highest BCUT2D eigenvalue weighted by Crippen LogP contribution is 2.27. The zero-order valence-corrected chi connectivity index (χ0v) is 17.5. The number of H-pyrrole nitrogens is 1. The molecular weight excluding hydrogens is 388 g/mol. The molecule has 0 atom stereocenters.